The van der Waals surface area contributed by atoms with Crippen molar-refractivity contribution in [3.63, 3.8) is 0 Å². The Kier molecular flexibility index (Phi) is 3.61. The van der Waals surface area contributed by atoms with Gasteiger partial charge in [0.25, 0.3) is 0 Å². The molecule has 1 aliphatic rings. The number of fused-ring (bicyclic) bond motifs is 1. The number of anilines is 1. The molecule has 2 heterocycles. The quantitative estimate of drug-likeness (QED) is 0.708. The van der Waals surface area contributed by atoms with E-state index in [1.807, 2.05) is 30.6 Å². The summed E-state index contributed by atoms with van der Waals surface area (Å²) in [4.78, 5) is 15.7. The monoisotopic (exact) mass is 331 g/mol. The SMILES string of the molecule is Nc1cc(=O)c(O)cn1-c1cccc(C2C=CCc3cnccc32)c1. The summed E-state index contributed by atoms with van der Waals surface area (Å²) in [5.74, 6) is 0.0956. The molecule has 2 aromatic heterocycles. The number of nitrogens with zero attached hydrogens (tertiary/aromatic N) is 2. The molecule has 5 heteroatoms. The molecule has 0 fully saturated rings. The Morgan fingerprint density at radius 3 is 3.00 bits per heavy atom. The van der Waals surface area contributed by atoms with E-state index in [0.29, 0.717) is 0 Å². The number of allylic oxidation sites excluding steroid dienone is 2. The van der Waals surface area contributed by atoms with Crippen molar-refractivity contribution in [2.45, 2.75) is 12.3 Å². The van der Waals surface area contributed by atoms with Gasteiger partial charge in [0.15, 0.2) is 5.75 Å². The van der Waals surface area contributed by atoms with Gasteiger partial charge in [0, 0.05) is 30.1 Å². The molecule has 0 saturated carbocycles. The molecule has 0 bridgehead atoms. The van der Waals surface area contributed by atoms with Gasteiger partial charge in [-0.2, -0.15) is 0 Å². The molecule has 1 aromatic carbocycles. The number of hydrogen-bond acceptors (Lipinski definition) is 4. The topological polar surface area (TPSA) is 81.1 Å². The summed E-state index contributed by atoms with van der Waals surface area (Å²) < 4.78 is 1.61. The lowest BCUT2D eigenvalue weighted by Gasteiger charge is -2.22. The molecule has 124 valence electrons. The van der Waals surface area contributed by atoms with Crippen LogP contribution in [0.3, 0.4) is 0 Å². The molecule has 25 heavy (non-hydrogen) atoms. The van der Waals surface area contributed by atoms with E-state index < -0.39 is 5.43 Å². The van der Waals surface area contributed by atoms with Crippen molar-refractivity contribution < 1.29 is 5.11 Å². The lowest BCUT2D eigenvalue weighted by atomic mass is 9.84. The standard InChI is InChI=1S/C20H17N3O2/c21-20-10-18(24)19(25)12-23(20)15-5-1-3-13(9-15)16-6-2-4-14-11-22-8-7-17(14)16/h1-3,5-12,16,25H,4,21H2. The molecule has 0 radical (unpaired) electrons. The lowest BCUT2D eigenvalue weighted by Crippen LogP contribution is -2.11. The second-order valence-corrected chi connectivity index (χ2v) is 6.10. The van der Waals surface area contributed by atoms with E-state index >= 15 is 0 Å². The van der Waals surface area contributed by atoms with Crippen LogP contribution in [-0.4, -0.2) is 14.7 Å². The molecule has 3 aromatic rings. The third-order valence-corrected chi connectivity index (χ3v) is 4.51. The Balaban J connectivity index is 1.81. The Morgan fingerprint density at radius 2 is 2.12 bits per heavy atom. The first-order valence-corrected chi connectivity index (χ1v) is 8.04. The highest BCUT2D eigenvalue weighted by Crippen LogP contribution is 2.33. The van der Waals surface area contributed by atoms with Crippen LogP contribution >= 0.6 is 0 Å². The van der Waals surface area contributed by atoms with Crippen molar-refractivity contribution >= 4 is 5.82 Å². The van der Waals surface area contributed by atoms with E-state index in [4.69, 9.17) is 5.73 Å². The number of aromatic hydroxyl groups is 1. The molecule has 0 saturated heterocycles. The highest BCUT2D eigenvalue weighted by molar-refractivity contribution is 5.50. The van der Waals surface area contributed by atoms with Crippen LogP contribution in [-0.2, 0) is 6.42 Å². The van der Waals surface area contributed by atoms with E-state index in [1.165, 1.54) is 23.4 Å². The zero-order valence-corrected chi connectivity index (χ0v) is 13.5. The summed E-state index contributed by atoms with van der Waals surface area (Å²) in [5, 5.41) is 9.73. The molecule has 1 aliphatic carbocycles. The molecule has 4 rings (SSSR count). The molecule has 0 spiro atoms. The first-order chi connectivity index (χ1) is 12.1. The number of nitrogen functional groups attached to an aromatic ring is 1. The second kappa shape index (κ2) is 5.94. The molecule has 0 amide bonds. The number of rotatable bonds is 2. The van der Waals surface area contributed by atoms with Crippen molar-refractivity contribution in [2.24, 2.45) is 0 Å². The highest BCUT2D eigenvalue weighted by Gasteiger charge is 2.18. The number of hydrogen-bond donors (Lipinski definition) is 2. The normalized spacial score (nSPS) is 15.8. The van der Waals surface area contributed by atoms with Crippen molar-refractivity contribution in [3.05, 3.63) is 94.1 Å². The van der Waals surface area contributed by atoms with Gasteiger partial charge in [-0.15, -0.1) is 0 Å². The third kappa shape index (κ3) is 2.70. The largest absolute Gasteiger partial charge is 0.503 e. The van der Waals surface area contributed by atoms with Crippen LogP contribution in [0.1, 0.15) is 22.6 Å². The summed E-state index contributed by atoms with van der Waals surface area (Å²) in [5.41, 5.74) is 9.84. The van der Waals surface area contributed by atoms with Gasteiger partial charge in [0.1, 0.15) is 5.82 Å². The van der Waals surface area contributed by atoms with E-state index in [-0.39, 0.29) is 17.5 Å². The van der Waals surface area contributed by atoms with Gasteiger partial charge in [-0.3, -0.25) is 14.3 Å². The summed E-state index contributed by atoms with van der Waals surface area (Å²) in [7, 11) is 0. The molecule has 3 N–H and O–H groups in total. The molecule has 5 nitrogen and oxygen atoms in total. The van der Waals surface area contributed by atoms with Gasteiger partial charge in [-0.1, -0.05) is 24.3 Å². The molecule has 0 aliphatic heterocycles. The Morgan fingerprint density at radius 1 is 1.24 bits per heavy atom. The molecular formula is C20H17N3O2. The van der Waals surface area contributed by atoms with Crippen LogP contribution in [0.5, 0.6) is 5.75 Å². The number of nitrogens with two attached hydrogens (primary N) is 1. The predicted molar refractivity (Wildman–Crippen MR) is 97.0 cm³/mol. The zero-order valence-electron chi connectivity index (χ0n) is 13.5. The smallest absolute Gasteiger partial charge is 0.225 e. The van der Waals surface area contributed by atoms with Gasteiger partial charge in [-0.05, 0) is 41.3 Å². The maximum atomic E-state index is 11.5. The fraction of sp³-hybridized carbons (Fsp3) is 0.100. The van der Waals surface area contributed by atoms with Crippen molar-refractivity contribution in [1.82, 2.24) is 9.55 Å². The lowest BCUT2D eigenvalue weighted by molar-refractivity contribution is 0.466. The number of aromatic nitrogens is 2. The van der Waals surface area contributed by atoms with Crippen molar-refractivity contribution in [3.8, 4) is 11.4 Å². The minimum atomic E-state index is -0.485. The second-order valence-electron chi connectivity index (χ2n) is 6.10. The third-order valence-electron chi connectivity index (χ3n) is 4.51. The van der Waals surface area contributed by atoms with Crippen LogP contribution in [0.2, 0.25) is 0 Å². The summed E-state index contributed by atoms with van der Waals surface area (Å²) >= 11 is 0. The maximum absolute atomic E-state index is 11.5. The van der Waals surface area contributed by atoms with Gasteiger partial charge in [0.05, 0.1) is 6.20 Å². The van der Waals surface area contributed by atoms with Gasteiger partial charge in [0.2, 0.25) is 5.43 Å². The van der Waals surface area contributed by atoms with Crippen LogP contribution in [0.25, 0.3) is 5.69 Å². The van der Waals surface area contributed by atoms with Gasteiger partial charge in [-0.25, -0.2) is 0 Å². The summed E-state index contributed by atoms with van der Waals surface area (Å²) in [6.07, 6.45) is 10.3. The average molecular weight is 331 g/mol. The van der Waals surface area contributed by atoms with Gasteiger partial charge >= 0.3 is 0 Å². The van der Waals surface area contributed by atoms with Crippen LogP contribution in [0.4, 0.5) is 5.82 Å². The van der Waals surface area contributed by atoms with E-state index in [1.54, 1.807) is 4.57 Å². The average Bonchev–Trinajstić information content (AvgIpc) is 2.64. The Hall–Kier alpha value is -3.34. The highest BCUT2D eigenvalue weighted by atomic mass is 16.3. The first-order valence-electron chi connectivity index (χ1n) is 8.04. The van der Waals surface area contributed by atoms with Crippen LogP contribution in [0.15, 0.2) is 71.9 Å². The van der Waals surface area contributed by atoms with Crippen molar-refractivity contribution in [1.29, 1.82) is 0 Å². The molecule has 1 atom stereocenters. The van der Waals surface area contributed by atoms with E-state index in [2.05, 4.69) is 29.3 Å². The molecular weight excluding hydrogens is 314 g/mol. The zero-order chi connectivity index (χ0) is 17.4. The summed E-state index contributed by atoms with van der Waals surface area (Å²) in [6.45, 7) is 0. The van der Waals surface area contributed by atoms with Crippen LogP contribution in [0, 0.1) is 0 Å². The number of benzene rings is 1. The maximum Gasteiger partial charge on any atom is 0.225 e. The fourth-order valence-electron chi connectivity index (χ4n) is 3.27. The minimum absolute atomic E-state index is 0.140. The van der Waals surface area contributed by atoms with Crippen molar-refractivity contribution in [2.75, 3.05) is 5.73 Å². The predicted octanol–water partition coefficient (Wildman–Crippen LogP) is 2.76. The fourth-order valence-corrected chi connectivity index (χ4v) is 3.27. The van der Waals surface area contributed by atoms with E-state index in [0.717, 1.165) is 17.7 Å². The minimum Gasteiger partial charge on any atom is -0.503 e. The van der Waals surface area contributed by atoms with E-state index in [9.17, 15) is 9.90 Å². The molecule has 1 unspecified atom stereocenters. The summed E-state index contributed by atoms with van der Waals surface area (Å²) in [6, 6.07) is 11.2. The Bertz CT molecular complexity index is 1040. The Labute approximate surface area is 144 Å². The first kappa shape index (κ1) is 15.2. The van der Waals surface area contributed by atoms with Gasteiger partial charge < -0.3 is 10.8 Å². The number of pyridine rings is 2. The van der Waals surface area contributed by atoms with Crippen LogP contribution < -0.4 is 11.2 Å².